The average molecular weight is 700 g/mol. The molecule has 4 heterocycles. The quantitative estimate of drug-likeness (QED) is 0.136. The molecule has 0 aliphatic heterocycles. The second-order valence-corrected chi connectivity index (χ2v) is 15.2. The molecule has 6 heteroatoms. The highest BCUT2D eigenvalue weighted by molar-refractivity contribution is 7.26. The largest absolute Gasteiger partial charge is 0.219 e. The van der Waals surface area contributed by atoms with Crippen molar-refractivity contribution in [3.05, 3.63) is 164 Å². The van der Waals surface area contributed by atoms with E-state index in [1.807, 2.05) is 29.5 Å². The van der Waals surface area contributed by atoms with Crippen molar-refractivity contribution in [3.8, 4) is 39.9 Å². The topological polar surface area (TPSA) is 42.5 Å². The summed E-state index contributed by atoms with van der Waals surface area (Å²) in [7, 11) is 0. The molecule has 0 unspecified atom stereocenters. The SMILES string of the molecule is c1ccc(-c2nc(-c3ccc4sc5ccc6c(c7ccccc7c[n+]6-c6ccccc6)c5c4c3)nc(-c3cccc4sc5ccccc5c34)n2)cc1. The van der Waals surface area contributed by atoms with Gasteiger partial charge in [-0.15, -0.1) is 22.7 Å². The molecule has 52 heavy (non-hydrogen) atoms. The number of thiophene rings is 2. The van der Waals surface area contributed by atoms with Crippen molar-refractivity contribution in [2.45, 2.75) is 0 Å². The van der Waals surface area contributed by atoms with Gasteiger partial charge in [-0.2, -0.15) is 4.57 Å². The van der Waals surface area contributed by atoms with Crippen molar-refractivity contribution in [2.75, 3.05) is 0 Å². The van der Waals surface area contributed by atoms with Crippen molar-refractivity contribution >= 4 is 84.7 Å². The molecule has 11 aromatic rings. The molecule has 0 bridgehead atoms. The van der Waals surface area contributed by atoms with E-state index < -0.39 is 0 Å². The molecule has 0 fully saturated rings. The third-order valence-electron chi connectivity index (χ3n) is 9.98. The van der Waals surface area contributed by atoms with E-state index in [1.165, 1.54) is 62.0 Å². The minimum atomic E-state index is 0.658. The lowest BCUT2D eigenvalue weighted by atomic mass is 9.99. The first kappa shape index (κ1) is 29.4. The van der Waals surface area contributed by atoms with Crippen LogP contribution in [0.1, 0.15) is 0 Å². The highest BCUT2D eigenvalue weighted by atomic mass is 32.1. The Morgan fingerprint density at radius 3 is 1.88 bits per heavy atom. The van der Waals surface area contributed by atoms with Crippen molar-refractivity contribution in [2.24, 2.45) is 0 Å². The van der Waals surface area contributed by atoms with Gasteiger partial charge in [0.25, 0.3) is 0 Å². The Labute approximate surface area is 306 Å². The summed E-state index contributed by atoms with van der Waals surface area (Å²) >= 11 is 3.64. The van der Waals surface area contributed by atoms with Gasteiger partial charge in [-0.25, -0.2) is 15.0 Å². The molecular formula is C46H27N4S2+. The lowest BCUT2D eigenvalue weighted by molar-refractivity contribution is -0.565. The van der Waals surface area contributed by atoms with E-state index in [0.717, 1.165) is 22.4 Å². The molecule has 0 spiro atoms. The standard InChI is InChI=1S/C46H27N4S2/c1-3-12-28(13-4-1)44-47-45(49-46(48-44)34-19-11-21-39-41(34)33-18-9-10-20-37(33)51-39)29-22-24-38-35(26-29)43-40(52-38)25-23-36-42(43)32-17-8-7-14-30(32)27-50(36)31-15-5-2-6-16-31/h1-27H/q+1. The lowest BCUT2D eigenvalue weighted by Gasteiger charge is -2.10. The molecule has 0 saturated heterocycles. The van der Waals surface area contributed by atoms with Crippen LogP contribution in [0.3, 0.4) is 0 Å². The number of aromatic nitrogens is 4. The Balaban J connectivity index is 1.19. The smallest absolute Gasteiger partial charge is 0.208 e. The molecule has 0 saturated carbocycles. The van der Waals surface area contributed by atoms with Gasteiger partial charge in [0.15, 0.2) is 23.7 Å². The van der Waals surface area contributed by atoms with Gasteiger partial charge in [0.2, 0.25) is 11.2 Å². The fourth-order valence-electron chi connectivity index (χ4n) is 7.62. The van der Waals surface area contributed by atoms with Gasteiger partial charge in [-0.1, -0.05) is 97.1 Å². The van der Waals surface area contributed by atoms with E-state index >= 15 is 0 Å². The van der Waals surface area contributed by atoms with Gasteiger partial charge < -0.3 is 0 Å². The van der Waals surface area contributed by atoms with Crippen LogP contribution in [-0.4, -0.2) is 15.0 Å². The van der Waals surface area contributed by atoms with E-state index in [2.05, 4.69) is 150 Å². The third-order valence-corrected chi connectivity index (χ3v) is 12.2. The van der Waals surface area contributed by atoms with Crippen molar-refractivity contribution in [1.82, 2.24) is 15.0 Å². The number of hydrogen-bond acceptors (Lipinski definition) is 5. The molecule has 11 rings (SSSR count). The van der Waals surface area contributed by atoms with E-state index in [9.17, 15) is 0 Å². The van der Waals surface area contributed by atoms with E-state index in [4.69, 9.17) is 15.0 Å². The zero-order valence-electron chi connectivity index (χ0n) is 27.7. The van der Waals surface area contributed by atoms with Crippen molar-refractivity contribution in [3.63, 3.8) is 0 Å². The Morgan fingerprint density at radius 2 is 1.04 bits per heavy atom. The Bertz CT molecular complexity index is 3180. The van der Waals surface area contributed by atoms with Crippen molar-refractivity contribution < 1.29 is 4.57 Å². The molecule has 4 aromatic heterocycles. The number of rotatable bonds is 4. The Hall–Kier alpha value is -6.34. The van der Waals surface area contributed by atoms with Gasteiger partial charge in [0.1, 0.15) is 0 Å². The highest BCUT2D eigenvalue weighted by Crippen LogP contribution is 2.43. The van der Waals surface area contributed by atoms with Crippen LogP contribution in [0.15, 0.2) is 164 Å². The fourth-order valence-corrected chi connectivity index (χ4v) is 9.85. The summed E-state index contributed by atoms with van der Waals surface area (Å²) in [5.41, 5.74) is 5.24. The van der Waals surface area contributed by atoms with Crippen molar-refractivity contribution in [1.29, 1.82) is 0 Å². The summed E-state index contributed by atoms with van der Waals surface area (Å²) < 4.78 is 7.29. The van der Waals surface area contributed by atoms with Crippen LogP contribution < -0.4 is 4.57 Å². The van der Waals surface area contributed by atoms with Crippen LogP contribution in [0.5, 0.6) is 0 Å². The number of fused-ring (bicyclic) bond motifs is 10. The van der Waals surface area contributed by atoms with Gasteiger partial charge in [-0.05, 0) is 42.5 Å². The lowest BCUT2D eigenvalue weighted by Crippen LogP contribution is -2.31. The Morgan fingerprint density at radius 1 is 0.404 bits per heavy atom. The first-order chi connectivity index (χ1) is 25.8. The van der Waals surface area contributed by atoms with Crippen LogP contribution in [0, 0.1) is 0 Å². The van der Waals surface area contributed by atoms with Gasteiger partial charge in [-0.3, -0.25) is 0 Å². The summed E-state index contributed by atoms with van der Waals surface area (Å²) in [5, 5.41) is 8.56. The van der Waals surface area contributed by atoms with Crippen LogP contribution in [0.2, 0.25) is 0 Å². The highest BCUT2D eigenvalue weighted by Gasteiger charge is 2.22. The van der Waals surface area contributed by atoms with Crippen LogP contribution >= 0.6 is 22.7 Å². The number of pyridine rings is 1. The normalized spacial score (nSPS) is 11.8. The van der Waals surface area contributed by atoms with Crippen LogP contribution in [0.4, 0.5) is 0 Å². The molecule has 0 atom stereocenters. The van der Waals surface area contributed by atoms with Gasteiger partial charge >= 0.3 is 0 Å². The molecule has 242 valence electrons. The zero-order valence-corrected chi connectivity index (χ0v) is 29.3. The van der Waals surface area contributed by atoms with Gasteiger partial charge in [0, 0.05) is 86.0 Å². The number of nitrogens with zero attached hydrogens (tertiary/aromatic N) is 4. The molecule has 0 N–H and O–H groups in total. The summed E-state index contributed by atoms with van der Waals surface area (Å²) in [6.45, 7) is 0. The van der Waals surface area contributed by atoms with E-state index in [1.54, 1.807) is 11.3 Å². The minimum absolute atomic E-state index is 0.658. The number of benzene rings is 7. The second-order valence-electron chi connectivity index (χ2n) is 13.0. The second kappa shape index (κ2) is 11.6. The molecule has 0 amide bonds. The first-order valence-corrected chi connectivity index (χ1v) is 18.9. The maximum atomic E-state index is 5.25. The summed E-state index contributed by atoms with van der Waals surface area (Å²) in [4.78, 5) is 15.5. The van der Waals surface area contributed by atoms with E-state index in [0.29, 0.717) is 17.5 Å². The molecule has 0 aliphatic rings. The maximum Gasteiger partial charge on any atom is 0.219 e. The molecule has 0 radical (unpaired) electrons. The predicted octanol–water partition coefficient (Wildman–Crippen LogP) is 12.2. The number of para-hydroxylation sites is 1. The third kappa shape index (κ3) is 4.58. The Kier molecular flexibility index (Phi) is 6.56. The molecular weight excluding hydrogens is 673 g/mol. The first-order valence-electron chi connectivity index (χ1n) is 17.3. The zero-order chi connectivity index (χ0) is 34.2. The minimum Gasteiger partial charge on any atom is -0.208 e. The number of hydrogen-bond donors (Lipinski definition) is 0. The maximum absolute atomic E-state index is 5.25. The summed E-state index contributed by atoms with van der Waals surface area (Å²) in [5.74, 6) is 1.99. The predicted molar refractivity (Wildman–Crippen MR) is 218 cm³/mol. The summed E-state index contributed by atoms with van der Waals surface area (Å²) in [6, 6.07) is 55.8. The monoisotopic (exact) mass is 699 g/mol. The van der Waals surface area contributed by atoms with E-state index in [-0.39, 0.29) is 0 Å². The van der Waals surface area contributed by atoms with Gasteiger partial charge in [0.05, 0.1) is 5.39 Å². The average Bonchev–Trinajstić information content (AvgIpc) is 3.79. The summed E-state index contributed by atoms with van der Waals surface area (Å²) in [6.07, 6.45) is 2.26. The molecule has 0 aliphatic carbocycles. The molecule has 4 nitrogen and oxygen atoms in total. The fraction of sp³-hybridized carbons (Fsp3) is 0. The molecule has 7 aromatic carbocycles. The van der Waals surface area contributed by atoms with Crippen LogP contribution in [0.25, 0.3) is 102 Å². The van der Waals surface area contributed by atoms with Crippen LogP contribution in [-0.2, 0) is 0 Å².